The Hall–Kier alpha value is -1.48. The molecule has 1 aliphatic carbocycles. The molecule has 2 aromatic heterocycles. The van der Waals surface area contributed by atoms with Gasteiger partial charge in [0.1, 0.15) is 29.7 Å². The average Bonchev–Trinajstić information content (AvgIpc) is 2.74. The zero-order valence-corrected chi connectivity index (χ0v) is 10.3. The molecule has 3 unspecified atom stereocenters. The zero-order chi connectivity index (χ0) is 13.4. The van der Waals surface area contributed by atoms with E-state index in [-0.39, 0.29) is 5.82 Å². The molecule has 5 atom stereocenters. The number of aliphatic hydroxyl groups is 2. The standard InChI is InChI=1S/C10H10ClN5O3/c11-4-6-10(4,18)5(17)9(19-6)16-2-15-3-7(12)13-1-14-8(3)16/h1-2,4-6,9,17-18H,(H2,12,13,14)/t4?,5?,6-,9-,10?/m1/s1. The molecule has 9 heteroatoms. The molecule has 4 rings (SSSR count). The summed E-state index contributed by atoms with van der Waals surface area (Å²) in [6.45, 7) is 0. The number of nitrogen functional groups attached to an aromatic ring is 1. The van der Waals surface area contributed by atoms with Crippen LogP contribution < -0.4 is 5.73 Å². The van der Waals surface area contributed by atoms with Crippen LogP contribution in [0.2, 0.25) is 0 Å². The van der Waals surface area contributed by atoms with Gasteiger partial charge in [0.2, 0.25) is 0 Å². The molecule has 0 bridgehead atoms. The maximum absolute atomic E-state index is 10.1. The van der Waals surface area contributed by atoms with E-state index in [1.54, 1.807) is 0 Å². The predicted molar refractivity (Wildman–Crippen MR) is 64.2 cm³/mol. The van der Waals surface area contributed by atoms with Gasteiger partial charge in [-0.15, -0.1) is 11.6 Å². The van der Waals surface area contributed by atoms with Gasteiger partial charge >= 0.3 is 0 Å². The minimum absolute atomic E-state index is 0.246. The van der Waals surface area contributed by atoms with Crippen molar-refractivity contribution in [3.63, 3.8) is 0 Å². The normalized spacial score (nSPS) is 40.6. The van der Waals surface area contributed by atoms with Crippen LogP contribution in [-0.2, 0) is 4.74 Å². The highest BCUT2D eigenvalue weighted by Crippen LogP contribution is 2.56. The van der Waals surface area contributed by atoms with Gasteiger partial charge in [-0.2, -0.15) is 0 Å². The average molecular weight is 284 g/mol. The van der Waals surface area contributed by atoms with Crippen molar-refractivity contribution < 1.29 is 14.9 Å². The molecule has 4 N–H and O–H groups in total. The summed E-state index contributed by atoms with van der Waals surface area (Å²) in [6, 6.07) is 0. The van der Waals surface area contributed by atoms with E-state index in [9.17, 15) is 10.2 Å². The van der Waals surface area contributed by atoms with Crippen molar-refractivity contribution in [3.05, 3.63) is 12.7 Å². The third-order valence-corrected chi connectivity index (χ3v) is 4.32. The first-order valence-electron chi connectivity index (χ1n) is 5.68. The maximum Gasteiger partial charge on any atom is 0.167 e. The summed E-state index contributed by atoms with van der Waals surface area (Å²) < 4.78 is 7.06. The largest absolute Gasteiger partial charge is 0.385 e. The fourth-order valence-electron chi connectivity index (χ4n) is 2.56. The summed E-state index contributed by atoms with van der Waals surface area (Å²) in [6.07, 6.45) is 0.237. The number of hydrogen-bond donors (Lipinski definition) is 3. The number of ether oxygens (including phenoxy) is 1. The quantitative estimate of drug-likeness (QED) is 0.575. The first kappa shape index (κ1) is 11.4. The fourth-order valence-corrected chi connectivity index (χ4v) is 3.00. The van der Waals surface area contributed by atoms with Crippen molar-refractivity contribution in [1.82, 2.24) is 19.5 Å². The second-order valence-corrected chi connectivity index (χ2v) is 5.23. The summed E-state index contributed by atoms with van der Waals surface area (Å²) in [4.78, 5) is 12.0. The van der Waals surface area contributed by atoms with Gasteiger partial charge < -0.3 is 20.7 Å². The molecule has 0 aromatic carbocycles. The Morgan fingerprint density at radius 3 is 2.89 bits per heavy atom. The zero-order valence-electron chi connectivity index (χ0n) is 9.51. The molecule has 2 aromatic rings. The van der Waals surface area contributed by atoms with E-state index in [0.29, 0.717) is 11.2 Å². The second-order valence-electron chi connectivity index (χ2n) is 4.76. The highest BCUT2D eigenvalue weighted by atomic mass is 35.5. The first-order valence-corrected chi connectivity index (χ1v) is 6.11. The Balaban J connectivity index is 1.79. The molecule has 2 aliphatic rings. The highest BCUT2D eigenvalue weighted by Gasteiger charge is 2.76. The van der Waals surface area contributed by atoms with Crippen molar-refractivity contribution >= 4 is 28.6 Å². The predicted octanol–water partition coefficient (Wildman–Crippen LogP) is -0.981. The van der Waals surface area contributed by atoms with Crippen molar-refractivity contribution in [2.45, 2.75) is 29.4 Å². The molecule has 1 aliphatic heterocycles. The number of aromatic nitrogens is 4. The van der Waals surface area contributed by atoms with E-state index in [2.05, 4.69) is 15.0 Å². The molecule has 1 saturated heterocycles. The molecule has 1 saturated carbocycles. The Morgan fingerprint density at radius 2 is 2.21 bits per heavy atom. The number of alkyl halides is 1. The van der Waals surface area contributed by atoms with E-state index in [1.165, 1.54) is 17.2 Å². The third kappa shape index (κ3) is 1.22. The second kappa shape index (κ2) is 3.34. The topological polar surface area (TPSA) is 119 Å². The number of imidazole rings is 1. The lowest BCUT2D eigenvalue weighted by Gasteiger charge is -2.21. The van der Waals surface area contributed by atoms with Crippen molar-refractivity contribution in [1.29, 1.82) is 0 Å². The lowest BCUT2D eigenvalue weighted by Crippen LogP contribution is -2.35. The van der Waals surface area contributed by atoms with E-state index in [0.717, 1.165) is 0 Å². The van der Waals surface area contributed by atoms with E-state index in [4.69, 9.17) is 22.1 Å². The van der Waals surface area contributed by atoms with Gasteiger partial charge in [-0.25, -0.2) is 15.0 Å². The number of aliphatic hydroxyl groups excluding tert-OH is 1. The third-order valence-electron chi connectivity index (χ3n) is 3.75. The number of rotatable bonds is 1. The summed E-state index contributed by atoms with van der Waals surface area (Å²) >= 11 is 5.85. The maximum atomic E-state index is 10.1. The minimum Gasteiger partial charge on any atom is -0.385 e. The van der Waals surface area contributed by atoms with Crippen LogP contribution in [-0.4, -0.2) is 52.9 Å². The number of nitrogens with two attached hydrogens (primary N) is 1. The fraction of sp³-hybridized carbons (Fsp3) is 0.500. The van der Waals surface area contributed by atoms with Crippen LogP contribution in [0.25, 0.3) is 11.2 Å². The Kier molecular flexibility index (Phi) is 2.00. The smallest absolute Gasteiger partial charge is 0.167 e. The van der Waals surface area contributed by atoms with E-state index >= 15 is 0 Å². The molecular weight excluding hydrogens is 274 g/mol. The summed E-state index contributed by atoms with van der Waals surface area (Å²) in [5.74, 6) is 0.246. The lowest BCUT2D eigenvalue weighted by atomic mass is 10.1. The molecule has 100 valence electrons. The summed E-state index contributed by atoms with van der Waals surface area (Å²) in [5.41, 5.74) is 5.15. The van der Waals surface area contributed by atoms with Gasteiger partial charge in [-0.05, 0) is 0 Å². The van der Waals surface area contributed by atoms with Crippen molar-refractivity contribution in [3.8, 4) is 0 Å². The minimum atomic E-state index is -1.40. The Morgan fingerprint density at radius 1 is 1.42 bits per heavy atom. The van der Waals surface area contributed by atoms with Crippen LogP contribution in [0.15, 0.2) is 12.7 Å². The van der Waals surface area contributed by atoms with Gasteiger partial charge in [0.05, 0.1) is 11.7 Å². The molecule has 3 heterocycles. The van der Waals surface area contributed by atoms with Gasteiger partial charge in [0, 0.05) is 0 Å². The molecule has 0 radical (unpaired) electrons. The number of anilines is 1. The SMILES string of the molecule is Nc1ncnc2c1ncn2[C@@H]1O[C@@H]2C(Cl)C2(O)C1O. The van der Waals surface area contributed by atoms with Crippen LogP contribution in [0.3, 0.4) is 0 Å². The van der Waals surface area contributed by atoms with E-state index in [1.807, 2.05) is 0 Å². The number of fused-ring (bicyclic) bond motifs is 2. The van der Waals surface area contributed by atoms with Crippen molar-refractivity contribution in [2.24, 2.45) is 0 Å². The van der Waals surface area contributed by atoms with Crippen LogP contribution in [0.4, 0.5) is 5.82 Å². The van der Waals surface area contributed by atoms with Crippen LogP contribution in [0, 0.1) is 0 Å². The lowest BCUT2D eigenvalue weighted by molar-refractivity contribution is -0.0607. The molecule has 19 heavy (non-hydrogen) atoms. The van der Waals surface area contributed by atoms with Crippen LogP contribution >= 0.6 is 11.6 Å². The summed E-state index contributed by atoms with van der Waals surface area (Å²) in [5, 5.41) is 19.7. The monoisotopic (exact) mass is 283 g/mol. The molecular formula is C10H10ClN5O3. The molecule has 0 amide bonds. The van der Waals surface area contributed by atoms with Crippen LogP contribution in [0.5, 0.6) is 0 Å². The Bertz CT molecular complexity index is 678. The Labute approximate surface area is 111 Å². The van der Waals surface area contributed by atoms with Gasteiger partial charge in [0.15, 0.2) is 17.7 Å². The van der Waals surface area contributed by atoms with Crippen molar-refractivity contribution in [2.75, 3.05) is 5.73 Å². The van der Waals surface area contributed by atoms with Crippen LogP contribution in [0.1, 0.15) is 6.23 Å². The number of hydrogen-bond acceptors (Lipinski definition) is 7. The highest BCUT2D eigenvalue weighted by molar-refractivity contribution is 6.24. The number of halogens is 1. The molecule has 8 nitrogen and oxygen atoms in total. The van der Waals surface area contributed by atoms with Gasteiger partial charge in [-0.3, -0.25) is 4.57 Å². The molecule has 0 spiro atoms. The van der Waals surface area contributed by atoms with Gasteiger partial charge in [0.25, 0.3) is 0 Å². The first-order chi connectivity index (χ1) is 9.05. The van der Waals surface area contributed by atoms with E-state index < -0.39 is 29.4 Å². The molecule has 2 fully saturated rings. The number of nitrogens with zero attached hydrogens (tertiary/aromatic N) is 4. The van der Waals surface area contributed by atoms with Gasteiger partial charge in [-0.1, -0.05) is 0 Å². The summed E-state index contributed by atoms with van der Waals surface area (Å²) in [7, 11) is 0.